The van der Waals surface area contributed by atoms with Crippen molar-refractivity contribution in [2.75, 3.05) is 18.8 Å². The summed E-state index contributed by atoms with van der Waals surface area (Å²) in [5.74, 6) is -0.670. The summed E-state index contributed by atoms with van der Waals surface area (Å²) in [5.41, 5.74) is 6.10. The first-order valence-corrected chi connectivity index (χ1v) is 7.04. The normalized spacial score (nSPS) is 10.4. The quantitative estimate of drug-likeness (QED) is 0.941. The molecule has 0 radical (unpaired) electrons. The van der Waals surface area contributed by atoms with Crippen LogP contribution in [0.5, 0.6) is 0 Å². The maximum atomic E-state index is 13.8. The van der Waals surface area contributed by atoms with Gasteiger partial charge in [0.15, 0.2) is 0 Å². The van der Waals surface area contributed by atoms with Crippen molar-refractivity contribution in [2.24, 2.45) is 0 Å². The van der Waals surface area contributed by atoms with Crippen molar-refractivity contribution < 1.29 is 9.18 Å². The van der Waals surface area contributed by atoms with Gasteiger partial charge < -0.3 is 10.6 Å². The lowest BCUT2D eigenvalue weighted by atomic mass is 10.2. The molecule has 20 heavy (non-hydrogen) atoms. The van der Waals surface area contributed by atoms with Crippen molar-refractivity contribution >= 4 is 33.0 Å². The largest absolute Gasteiger partial charge is 0.397 e. The van der Waals surface area contributed by atoms with E-state index in [1.54, 1.807) is 17.0 Å². The van der Waals surface area contributed by atoms with Gasteiger partial charge in [-0.15, -0.1) is 11.3 Å². The van der Waals surface area contributed by atoms with Crippen LogP contribution >= 0.6 is 11.3 Å². The Morgan fingerprint density at radius 1 is 1.55 bits per heavy atom. The number of nitrogens with two attached hydrogens (primary N) is 1. The Bertz CT molecular complexity index is 690. The van der Waals surface area contributed by atoms with Crippen molar-refractivity contribution in [3.63, 3.8) is 0 Å². The van der Waals surface area contributed by atoms with Crippen LogP contribution in [0, 0.1) is 17.1 Å². The van der Waals surface area contributed by atoms with Crippen LogP contribution in [0.15, 0.2) is 18.2 Å². The number of hydrogen-bond acceptors (Lipinski definition) is 4. The number of nitriles is 1. The predicted octanol–water partition coefficient (Wildman–Crippen LogP) is 3.00. The lowest BCUT2D eigenvalue weighted by Gasteiger charge is -2.18. The number of nitrogens with zero attached hydrogens (tertiary/aromatic N) is 2. The fourth-order valence-electron chi connectivity index (χ4n) is 2.02. The van der Waals surface area contributed by atoms with Crippen LogP contribution < -0.4 is 5.73 Å². The first-order valence-electron chi connectivity index (χ1n) is 6.22. The van der Waals surface area contributed by atoms with Crippen LogP contribution in [0.1, 0.15) is 23.0 Å². The van der Waals surface area contributed by atoms with Gasteiger partial charge in [0.1, 0.15) is 10.7 Å². The van der Waals surface area contributed by atoms with Crippen LogP contribution in [0.2, 0.25) is 0 Å². The predicted molar refractivity (Wildman–Crippen MR) is 78.0 cm³/mol. The molecule has 0 aliphatic rings. The zero-order valence-corrected chi connectivity index (χ0v) is 11.8. The number of carbonyl (C=O) groups excluding carboxylic acids is 1. The van der Waals surface area contributed by atoms with Crippen molar-refractivity contribution in [1.29, 1.82) is 5.26 Å². The third-order valence-electron chi connectivity index (χ3n) is 3.06. The number of nitrogen functional groups attached to an aromatic ring is 1. The molecule has 0 bridgehead atoms. The van der Waals surface area contributed by atoms with E-state index in [0.29, 0.717) is 28.1 Å². The molecule has 2 rings (SSSR count). The maximum Gasteiger partial charge on any atom is 0.266 e. The Balaban J connectivity index is 2.42. The van der Waals surface area contributed by atoms with Crippen LogP contribution in [-0.2, 0) is 0 Å². The highest BCUT2D eigenvalue weighted by molar-refractivity contribution is 7.21. The molecule has 1 heterocycles. The molecule has 0 saturated carbocycles. The number of carbonyl (C=O) groups is 1. The van der Waals surface area contributed by atoms with Gasteiger partial charge in [-0.2, -0.15) is 5.26 Å². The molecule has 4 nitrogen and oxygen atoms in total. The minimum atomic E-state index is -0.421. The number of anilines is 1. The van der Waals surface area contributed by atoms with Gasteiger partial charge in [-0.1, -0.05) is 6.07 Å². The monoisotopic (exact) mass is 291 g/mol. The number of fused-ring (bicyclic) bond motifs is 1. The Morgan fingerprint density at radius 3 is 2.90 bits per heavy atom. The Kier molecular flexibility index (Phi) is 4.20. The highest BCUT2D eigenvalue weighted by atomic mass is 32.1. The molecular formula is C14H14FN3OS. The van der Waals surface area contributed by atoms with E-state index in [1.165, 1.54) is 17.4 Å². The maximum absolute atomic E-state index is 13.8. The Morgan fingerprint density at radius 2 is 2.30 bits per heavy atom. The summed E-state index contributed by atoms with van der Waals surface area (Å²) in [6.07, 6.45) is 0.263. The molecule has 0 fully saturated rings. The van der Waals surface area contributed by atoms with Crippen LogP contribution in [-0.4, -0.2) is 23.9 Å². The van der Waals surface area contributed by atoms with E-state index in [1.807, 2.05) is 13.0 Å². The second-order valence-electron chi connectivity index (χ2n) is 4.25. The molecule has 6 heteroatoms. The summed E-state index contributed by atoms with van der Waals surface area (Å²) >= 11 is 1.18. The van der Waals surface area contributed by atoms with E-state index in [0.717, 1.165) is 0 Å². The molecule has 0 atom stereocenters. The number of amides is 1. The van der Waals surface area contributed by atoms with Gasteiger partial charge in [0, 0.05) is 17.8 Å². The lowest BCUT2D eigenvalue weighted by molar-refractivity contribution is 0.0773. The third-order valence-corrected chi connectivity index (χ3v) is 4.22. The highest BCUT2D eigenvalue weighted by Gasteiger charge is 2.22. The zero-order valence-electron chi connectivity index (χ0n) is 11.0. The van der Waals surface area contributed by atoms with Gasteiger partial charge in [0.05, 0.1) is 23.6 Å². The van der Waals surface area contributed by atoms with Gasteiger partial charge in [-0.25, -0.2) is 4.39 Å². The lowest BCUT2D eigenvalue weighted by Crippen LogP contribution is -2.31. The molecule has 104 valence electrons. The average Bonchev–Trinajstić information content (AvgIpc) is 2.78. The minimum absolute atomic E-state index is 0.184. The van der Waals surface area contributed by atoms with Crippen molar-refractivity contribution in [3.8, 4) is 6.07 Å². The van der Waals surface area contributed by atoms with E-state index in [4.69, 9.17) is 11.0 Å². The molecule has 1 aromatic heterocycles. The van der Waals surface area contributed by atoms with Crippen LogP contribution in [0.3, 0.4) is 0 Å². The molecule has 0 spiro atoms. The van der Waals surface area contributed by atoms with E-state index >= 15 is 0 Å². The zero-order chi connectivity index (χ0) is 14.7. The first kappa shape index (κ1) is 14.3. The topological polar surface area (TPSA) is 70.1 Å². The van der Waals surface area contributed by atoms with E-state index in [-0.39, 0.29) is 18.0 Å². The molecular weight excluding hydrogens is 277 g/mol. The standard InChI is InChI=1S/C14H14FN3OS/c1-2-18(8-4-7-16)14(19)13-12(17)11-9(15)5-3-6-10(11)20-13/h3,5-6H,2,4,8,17H2,1H3. The van der Waals surface area contributed by atoms with Gasteiger partial charge in [-0.05, 0) is 19.1 Å². The van der Waals surface area contributed by atoms with Gasteiger partial charge in [-0.3, -0.25) is 4.79 Å². The Labute approximate surface area is 120 Å². The molecule has 0 unspecified atom stereocenters. The summed E-state index contributed by atoms with van der Waals surface area (Å²) in [4.78, 5) is 14.3. The van der Waals surface area contributed by atoms with Crippen molar-refractivity contribution in [3.05, 3.63) is 28.9 Å². The molecule has 0 aliphatic carbocycles. The first-order chi connectivity index (χ1) is 9.60. The van der Waals surface area contributed by atoms with Gasteiger partial charge >= 0.3 is 0 Å². The third kappa shape index (κ3) is 2.45. The van der Waals surface area contributed by atoms with Crippen molar-refractivity contribution in [1.82, 2.24) is 4.90 Å². The van der Waals surface area contributed by atoms with Gasteiger partial charge in [0.2, 0.25) is 0 Å². The van der Waals surface area contributed by atoms with Crippen LogP contribution in [0.4, 0.5) is 10.1 Å². The number of rotatable bonds is 4. The molecule has 0 aliphatic heterocycles. The van der Waals surface area contributed by atoms with Crippen molar-refractivity contribution in [2.45, 2.75) is 13.3 Å². The highest BCUT2D eigenvalue weighted by Crippen LogP contribution is 2.35. The van der Waals surface area contributed by atoms with E-state index < -0.39 is 5.82 Å². The van der Waals surface area contributed by atoms with E-state index in [2.05, 4.69) is 0 Å². The molecule has 1 amide bonds. The second-order valence-corrected chi connectivity index (χ2v) is 5.30. The Hall–Kier alpha value is -2.13. The summed E-state index contributed by atoms with van der Waals surface area (Å²) in [5, 5.41) is 8.91. The SMILES string of the molecule is CCN(CCC#N)C(=O)c1sc2cccc(F)c2c1N. The fraction of sp³-hybridized carbons (Fsp3) is 0.286. The summed E-state index contributed by atoms with van der Waals surface area (Å²) in [7, 11) is 0. The summed E-state index contributed by atoms with van der Waals surface area (Å²) in [6.45, 7) is 2.66. The minimum Gasteiger partial charge on any atom is -0.397 e. The second kappa shape index (κ2) is 5.88. The molecule has 2 N–H and O–H groups in total. The van der Waals surface area contributed by atoms with Gasteiger partial charge in [0.25, 0.3) is 5.91 Å². The van der Waals surface area contributed by atoms with E-state index in [9.17, 15) is 9.18 Å². The smallest absolute Gasteiger partial charge is 0.266 e. The number of thiophene rings is 1. The number of hydrogen-bond donors (Lipinski definition) is 1. The molecule has 0 saturated heterocycles. The molecule has 2 aromatic rings. The van der Waals surface area contributed by atoms with Crippen LogP contribution in [0.25, 0.3) is 10.1 Å². The number of halogens is 1. The summed E-state index contributed by atoms with van der Waals surface area (Å²) in [6, 6.07) is 6.66. The molecule has 1 aromatic carbocycles. The number of benzene rings is 1. The fourth-order valence-corrected chi connectivity index (χ4v) is 3.12. The summed E-state index contributed by atoms with van der Waals surface area (Å²) < 4.78 is 14.4. The average molecular weight is 291 g/mol.